The van der Waals surface area contributed by atoms with Gasteiger partial charge in [0, 0.05) is 55.0 Å². The molecule has 0 bridgehead atoms. The first-order valence-electron chi connectivity index (χ1n) is 37.0. The highest BCUT2D eigenvalue weighted by Crippen LogP contribution is 2.58. The Morgan fingerprint density at radius 1 is 0.206 bits per heavy atom. The number of benzene rings is 18. The molecule has 3 heterocycles. The lowest BCUT2D eigenvalue weighted by molar-refractivity contribution is 0.661. The number of para-hydroxylation sites is 1. The molecule has 1 aliphatic rings. The Labute approximate surface area is 618 Å². The molecule has 1 aliphatic carbocycles. The molecule has 498 valence electrons. The van der Waals surface area contributed by atoms with E-state index in [4.69, 9.17) is 15.0 Å². The molecule has 107 heavy (non-hydrogen) atoms. The van der Waals surface area contributed by atoms with Gasteiger partial charge in [-0.05, 0) is 205 Å². The van der Waals surface area contributed by atoms with Crippen LogP contribution >= 0.6 is 0 Å². The minimum Gasteiger partial charge on any atom is -0.309 e. The maximum absolute atomic E-state index is 5.31. The fourth-order valence-electron chi connectivity index (χ4n) is 18.3. The van der Waals surface area contributed by atoms with Crippen LogP contribution in [0, 0.1) is 0 Å². The van der Waals surface area contributed by atoms with E-state index in [9.17, 15) is 0 Å². The van der Waals surface area contributed by atoms with Gasteiger partial charge in [0.2, 0.25) is 0 Å². The van der Waals surface area contributed by atoms with E-state index in [1.807, 2.05) is 36.4 Å². The Kier molecular flexibility index (Phi) is 13.4. The van der Waals surface area contributed by atoms with Crippen molar-refractivity contribution in [2.75, 3.05) is 0 Å². The van der Waals surface area contributed by atoms with Crippen LogP contribution < -0.4 is 0 Å². The van der Waals surface area contributed by atoms with Gasteiger partial charge in [0.05, 0.1) is 22.1 Å². The number of hydrogen-bond donors (Lipinski definition) is 0. The molecule has 0 spiro atoms. The minimum atomic E-state index is -0.185. The molecule has 0 unspecified atom stereocenters. The van der Waals surface area contributed by atoms with E-state index < -0.39 is 0 Å². The maximum Gasteiger partial charge on any atom is 0.164 e. The molecule has 0 saturated carbocycles. The average molecular weight is 1360 g/mol. The molecule has 0 atom stereocenters. The molecule has 0 fully saturated rings. The van der Waals surface area contributed by atoms with Crippen molar-refractivity contribution in [3.05, 3.63) is 369 Å². The first-order valence-corrected chi connectivity index (χ1v) is 37.0. The summed E-state index contributed by atoms with van der Waals surface area (Å²) in [6.07, 6.45) is 0. The Hall–Kier alpha value is -13.9. The Balaban J connectivity index is 0.818. The van der Waals surface area contributed by atoms with Crippen LogP contribution in [0.3, 0.4) is 0 Å². The predicted octanol–water partition coefficient (Wildman–Crippen LogP) is 26.9. The van der Waals surface area contributed by atoms with Gasteiger partial charge >= 0.3 is 0 Å². The summed E-state index contributed by atoms with van der Waals surface area (Å²) >= 11 is 0. The zero-order valence-electron chi connectivity index (χ0n) is 58.8. The van der Waals surface area contributed by atoms with Crippen LogP contribution in [0.2, 0.25) is 0 Å². The van der Waals surface area contributed by atoms with E-state index in [1.165, 1.54) is 120 Å². The van der Waals surface area contributed by atoms with Crippen molar-refractivity contribution in [1.29, 1.82) is 0 Å². The Bertz CT molecular complexity index is 7160. The Morgan fingerprint density at radius 2 is 0.607 bits per heavy atom. The van der Waals surface area contributed by atoms with Gasteiger partial charge in [-0.25, -0.2) is 15.0 Å². The number of rotatable bonds is 10. The van der Waals surface area contributed by atoms with Gasteiger partial charge in [-0.2, -0.15) is 0 Å². The second-order valence-corrected chi connectivity index (χ2v) is 29.2. The van der Waals surface area contributed by atoms with Crippen LogP contribution in [0.5, 0.6) is 0 Å². The van der Waals surface area contributed by atoms with E-state index in [1.54, 1.807) is 0 Å². The van der Waals surface area contributed by atoms with Crippen molar-refractivity contribution in [2.45, 2.75) is 19.3 Å². The molecule has 21 aromatic rings. The van der Waals surface area contributed by atoms with Crippen molar-refractivity contribution in [3.63, 3.8) is 0 Å². The van der Waals surface area contributed by atoms with Crippen LogP contribution in [0.25, 0.3) is 210 Å². The van der Waals surface area contributed by atoms with Gasteiger partial charge in [-0.1, -0.05) is 299 Å². The normalized spacial score (nSPS) is 12.7. The molecule has 5 heteroatoms. The van der Waals surface area contributed by atoms with Crippen molar-refractivity contribution in [3.8, 4) is 112 Å². The smallest absolute Gasteiger partial charge is 0.164 e. The van der Waals surface area contributed by atoms with Gasteiger partial charge in [0.25, 0.3) is 0 Å². The van der Waals surface area contributed by atoms with Gasteiger partial charge in [0.1, 0.15) is 0 Å². The fourth-order valence-corrected chi connectivity index (χ4v) is 18.3. The van der Waals surface area contributed by atoms with E-state index in [2.05, 4.69) is 344 Å². The summed E-state index contributed by atoms with van der Waals surface area (Å²) in [5.74, 6) is 1.84. The number of fused-ring (bicyclic) bond motifs is 15. The first-order chi connectivity index (χ1) is 52.9. The molecule has 18 aromatic carbocycles. The maximum atomic E-state index is 5.31. The molecule has 5 nitrogen and oxygen atoms in total. The standard InChI is InChI=1S/C102H65N5/c1-102(2)85-47-22-20-41-75(85)81-60-84-76-42-21-23-48-87(76)107(90(84)61-86(81)102)72-54-56-89-83(59-72)82-58-70(101-104-99(66-33-14-6-15-34-66)103-100(105-101)67-35-16-7-17-36-67)51-55-88(82)106(89)71-52-49-65(50-53-71)92-91(63-29-10-4-11-30-63)94(69-38-24-37-68(57-69)62-27-8-3-9-28-62)98-80-46-26-44-78-74-40-19-18-39-73(74)77-43-25-45-79(95(77)96(78)80)97(98)93(92)64-31-12-5-13-32-64/h3-61H,1-2H3. The molecule has 0 aliphatic heterocycles. The summed E-state index contributed by atoms with van der Waals surface area (Å²) in [6.45, 7) is 4.75. The first kappa shape index (κ1) is 60.7. The highest BCUT2D eigenvalue weighted by molar-refractivity contribution is 6.44. The van der Waals surface area contributed by atoms with Crippen molar-refractivity contribution in [2.24, 2.45) is 0 Å². The molecule has 0 amide bonds. The van der Waals surface area contributed by atoms with Gasteiger partial charge < -0.3 is 9.13 Å². The van der Waals surface area contributed by atoms with Crippen molar-refractivity contribution in [1.82, 2.24) is 24.1 Å². The second kappa shape index (κ2) is 23.6. The van der Waals surface area contributed by atoms with Crippen LogP contribution in [-0.4, -0.2) is 24.1 Å². The SMILES string of the molecule is CC1(C)c2ccccc2-c2cc3c4ccccc4n(-c4ccc5c(c4)c4cc(-c6nc(-c7ccccc7)nc(-c7ccccc7)n6)ccc4n5-c4ccc(-c5c(-c6ccccc6)c(-c6cccc(-c7ccccc7)c6)c6c7cccc8c9ccccc9c9cccc(c6c5-c5ccccc5)c9c87)cc4)c3cc21. The fraction of sp³-hybridized carbons (Fsp3) is 0.0294. The topological polar surface area (TPSA) is 48.5 Å². The van der Waals surface area contributed by atoms with E-state index >= 15 is 0 Å². The lowest BCUT2D eigenvalue weighted by Crippen LogP contribution is -2.14. The zero-order valence-corrected chi connectivity index (χ0v) is 58.8. The summed E-state index contributed by atoms with van der Waals surface area (Å²) in [6, 6.07) is 132. The quantitative estimate of drug-likeness (QED) is 0.101. The van der Waals surface area contributed by atoms with Gasteiger partial charge in [-0.15, -0.1) is 0 Å². The molecule has 3 aromatic heterocycles. The van der Waals surface area contributed by atoms with Crippen LogP contribution in [0.1, 0.15) is 25.0 Å². The molecule has 0 radical (unpaired) electrons. The highest BCUT2D eigenvalue weighted by Gasteiger charge is 2.37. The highest BCUT2D eigenvalue weighted by atomic mass is 15.0. The van der Waals surface area contributed by atoms with Gasteiger partial charge in [-0.3, -0.25) is 0 Å². The largest absolute Gasteiger partial charge is 0.309 e. The lowest BCUT2D eigenvalue weighted by atomic mass is 9.75. The summed E-state index contributed by atoms with van der Waals surface area (Å²) in [5.41, 5.74) is 26.1. The van der Waals surface area contributed by atoms with E-state index in [-0.39, 0.29) is 5.41 Å². The predicted molar refractivity (Wildman–Crippen MR) is 448 cm³/mol. The monoisotopic (exact) mass is 1360 g/mol. The average Bonchev–Trinajstić information content (AvgIpc) is 1.65. The molecule has 0 N–H and O–H groups in total. The van der Waals surface area contributed by atoms with Crippen LogP contribution in [0.15, 0.2) is 358 Å². The molecular weight excluding hydrogens is 1300 g/mol. The summed E-state index contributed by atoms with van der Waals surface area (Å²) < 4.78 is 4.96. The summed E-state index contributed by atoms with van der Waals surface area (Å²) in [4.78, 5) is 15.7. The molecule has 22 rings (SSSR count). The van der Waals surface area contributed by atoms with E-state index in [0.29, 0.717) is 17.5 Å². The summed E-state index contributed by atoms with van der Waals surface area (Å²) in [7, 11) is 0. The van der Waals surface area contributed by atoms with Crippen molar-refractivity contribution < 1.29 is 0 Å². The van der Waals surface area contributed by atoms with Gasteiger partial charge in [0.15, 0.2) is 17.5 Å². The molecule has 0 saturated heterocycles. The third-order valence-electron chi connectivity index (χ3n) is 23.1. The zero-order chi connectivity index (χ0) is 70.6. The number of nitrogens with zero attached hydrogens (tertiary/aromatic N) is 5. The third-order valence-corrected chi connectivity index (χ3v) is 23.1. The second-order valence-electron chi connectivity index (χ2n) is 29.2. The van der Waals surface area contributed by atoms with Crippen molar-refractivity contribution >= 4 is 97.5 Å². The van der Waals surface area contributed by atoms with E-state index in [0.717, 1.165) is 83.2 Å². The van der Waals surface area contributed by atoms with Crippen LogP contribution in [-0.2, 0) is 5.41 Å². The lowest BCUT2D eigenvalue weighted by Gasteiger charge is -2.27. The minimum absolute atomic E-state index is 0.185. The third kappa shape index (κ3) is 9.21. The number of aromatic nitrogens is 5. The number of hydrogen-bond acceptors (Lipinski definition) is 3. The molecular formula is C102H65N5. The Morgan fingerprint density at radius 3 is 1.22 bits per heavy atom. The van der Waals surface area contributed by atoms with Crippen LogP contribution in [0.4, 0.5) is 0 Å². The summed E-state index contributed by atoms with van der Waals surface area (Å²) in [5, 5.41) is 17.2.